The number of carbonyl (C=O) groups excluding carboxylic acids is 3. The Bertz CT molecular complexity index is 829. The van der Waals surface area contributed by atoms with E-state index in [1.807, 2.05) is 37.7 Å². The summed E-state index contributed by atoms with van der Waals surface area (Å²) in [7, 11) is 7.06. The molecule has 9 heteroatoms. The molecule has 9 nitrogen and oxygen atoms in total. The average molecular weight is 449 g/mol. The fourth-order valence-corrected chi connectivity index (χ4v) is 3.76. The molecule has 0 spiro atoms. The van der Waals surface area contributed by atoms with Gasteiger partial charge in [0.1, 0.15) is 12.4 Å². The topological polar surface area (TPSA) is 91.4 Å². The lowest BCUT2D eigenvalue weighted by atomic mass is 10.0. The summed E-state index contributed by atoms with van der Waals surface area (Å²) in [5, 5.41) is 2.72. The zero-order chi connectivity index (χ0) is 24.0. The van der Waals surface area contributed by atoms with Gasteiger partial charge in [0.2, 0.25) is 11.8 Å². The monoisotopic (exact) mass is 448 g/mol. The Kier molecular flexibility index (Phi) is 9.03. The highest BCUT2D eigenvalue weighted by Gasteiger charge is 2.30. The van der Waals surface area contributed by atoms with Crippen LogP contribution >= 0.6 is 0 Å². The van der Waals surface area contributed by atoms with Gasteiger partial charge in [-0.15, -0.1) is 0 Å². The molecule has 32 heavy (non-hydrogen) atoms. The van der Waals surface area contributed by atoms with Crippen LogP contribution in [-0.4, -0.2) is 99.1 Å². The summed E-state index contributed by atoms with van der Waals surface area (Å²) in [5.41, 5.74) is 0.929. The summed E-state index contributed by atoms with van der Waals surface area (Å²) in [6.45, 7) is 6.72. The van der Waals surface area contributed by atoms with Crippen molar-refractivity contribution in [2.45, 2.75) is 32.9 Å². The summed E-state index contributed by atoms with van der Waals surface area (Å²) in [4.78, 5) is 42.9. The van der Waals surface area contributed by atoms with E-state index in [9.17, 15) is 14.4 Å². The van der Waals surface area contributed by atoms with Gasteiger partial charge in [-0.3, -0.25) is 14.4 Å². The molecule has 1 aromatic carbocycles. The first-order valence-electron chi connectivity index (χ1n) is 10.8. The minimum atomic E-state index is -0.242. The van der Waals surface area contributed by atoms with Crippen molar-refractivity contribution in [3.63, 3.8) is 0 Å². The van der Waals surface area contributed by atoms with E-state index in [1.54, 1.807) is 37.3 Å². The van der Waals surface area contributed by atoms with E-state index in [4.69, 9.17) is 9.47 Å². The van der Waals surface area contributed by atoms with Crippen LogP contribution in [0.4, 0.5) is 5.69 Å². The third-order valence-electron chi connectivity index (χ3n) is 5.54. The van der Waals surface area contributed by atoms with Gasteiger partial charge in [-0.2, -0.15) is 0 Å². The second-order valence-corrected chi connectivity index (χ2v) is 8.77. The highest BCUT2D eigenvalue weighted by Crippen LogP contribution is 2.27. The summed E-state index contributed by atoms with van der Waals surface area (Å²) < 4.78 is 11.8. The van der Waals surface area contributed by atoms with Crippen molar-refractivity contribution in [3.8, 4) is 5.75 Å². The summed E-state index contributed by atoms with van der Waals surface area (Å²) in [6, 6.07) is 4.74. The van der Waals surface area contributed by atoms with Crippen molar-refractivity contribution in [2.75, 3.05) is 59.8 Å². The van der Waals surface area contributed by atoms with Crippen LogP contribution in [0.15, 0.2) is 18.2 Å². The average Bonchev–Trinajstić information content (AvgIpc) is 2.71. The van der Waals surface area contributed by atoms with Gasteiger partial charge in [0.05, 0.1) is 24.3 Å². The number of carbonyl (C=O) groups is 3. The maximum atomic E-state index is 13.2. The van der Waals surface area contributed by atoms with E-state index in [1.165, 1.54) is 6.92 Å². The summed E-state index contributed by atoms with van der Waals surface area (Å²) in [6.07, 6.45) is -0.242. The molecule has 0 aromatic heterocycles. The first kappa shape index (κ1) is 25.6. The molecular weight excluding hydrogens is 412 g/mol. The minimum absolute atomic E-state index is 0.00140. The molecule has 0 bridgehead atoms. The molecule has 1 heterocycles. The van der Waals surface area contributed by atoms with Gasteiger partial charge < -0.3 is 29.5 Å². The molecule has 0 fully saturated rings. The number of hydrogen-bond acceptors (Lipinski definition) is 6. The molecule has 0 saturated heterocycles. The number of hydrogen-bond donors (Lipinski definition) is 1. The molecule has 1 aromatic rings. The number of rotatable bonds is 4. The Labute approximate surface area is 190 Å². The molecule has 3 atom stereocenters. The van der Waals surface area contributed by atoms with Gasteiger partial charge in [-0.25, -0.2) is 0 Å². The largest absolute Gasteiger partial charge is 0.491 e. The molecule has 1 N–H and O–H groups in total. The van der Waals surface area contributed by atoms with Crippen molar-refractivity contribution >= 4 is 23.4 Å². The smallest absolute Gasteiger partial charge is 0.257 e. The van der Waals surface area contributed by atoms with E-state index in [-0.39, 0.29) is 48.9 Å². The fraction of sp³-hybridized carbons (Fsp3) is 0.609. The lowest BCUT2D eigenvalue weighted by Gasteiger charge is -2.36. The molecular formula is C23H36N4O5. The maximum absolute atomic E-state index is 13.2. The maximum Gasteiger partial charge on any atom is 0.257 e. The van der Waals surface area contributed by atoms with Crippen LogP contribution in [0, 0.1) is 5.92 Å². The molecule has 0 unspecified atom stereocenters. The number of likely N-dealkylation sites (N-methyl/N-ethyl adjacent to an activating group) is 2. The highest BCUT2D eigenvalue weighted by atomic mass is 16.5. The number of amides is 3. The zero-order valence-electron chi connectivity index (χ0n) is 20.2. The van der Waals surface area contributed by atoms with Crippen molar-refractivity contribution in [2.24, 2.45) is 5.92 Å². The highest BCUT2D eigenvalue weighted by molar-refractivity contribution is 5.98. The molecule has 2 rings (SSSR count). The first-order valence-corrected chi connectivity index (χ1v) is 10.8. The van der Waals surface area contributed by atoms with Crippen LogP contribution in [0.3, 0.4) is 0 Å². The Hall–Kier alpha value is -2.65. The molecule has 1 aliphatic heterocycles. The lowest BCUT2D eigenvalue weighted by molar-refractivity contribution is -0.136. The molecule has 178 valence electrons. The number of benzene rings is 1. The van der Waals surface area contributed by atoms with E-state index < -0.39 is 0 Å². The molecule has 3 amide bonds. The molecule has 0 aliphatic carbocycles. The predicted octanol–water partition coefficient (Wildman–Crippen LogP) is 1.54. The van der Waals surface area contributed by atoms with Crippen LogP contribution in [0.1, 0.15) is 31.1 Å². The Morgan fingerprint density at radius 3 is 2.53 bits per heavy atom. The minimum Gasteiger partial charge on any atom is -0.491 e. The van der Waals surface area contributed by atoms with Crippen molar-refractivity contribution in [3.05, 3.63) is 23.8 Å². The van der Waals surface area contributed by atoms with Crippen LogP contribution in [-0.2, 0) is 14.3 Å². The predicted molar refractivity (Wildman–Crippen MR) is 123 cm³/mol. The van der Waals surface area contributed by atoms with Crippen molar-refractivity contribution in [1.82, 2.24) is 14.7 Å². The van der Waals surface area contributed by atoms with Gasteiger partial charge in [-0.05, 0) is 33.2 Å². The normalized spacial score (nSPS) is 22.5. The molecule has 0 saturated carbocycles. The standard InChI is InChI=1S/C23H36N4O5/c1-15-11-27(22(29)13-25(4)5)16(2)14-32-20-10-18(24-17(3)28)8-9-19(20)23(30)26(6)12-21(15)31-7/h8-10,15-16,21H,11-14H2,1-7H3,(H,24,28)/t15-,16-,21-/m0/s1. The Morgan fingerprint density at radius 1 is 1.25 bits per heavy atom. The first-order chi connectivity index (χ1) is 15.0. The number of methoxy groups -OCH3 is 1. The number of nitrogens with one attached hydrogen (secondary N) is 1. The van der Waals surface area contributed by atoms with Gasteiger partial charge in [0, 0.05) is 51.8 Å². The van der Waals surface area contributed by atoms with Gasteiger partial charge >= 0.3 is 0 Å². The SMILES string of the molecule is CO[C@H]1CN(C)C(=O)c2ccc(NC(C)=O)cc2OC[C@H](C)N(C(=O)CN(C)C)C[C@@H]1C. The summed E-state index contributed by atoms with van der Waals surface area (Å²) >= 11 is 0. The van der Waals surface area contributed by atoms with Gasteiger partial charge in [0.25, 0.3) is 5.91 Å². The van der Waals surface area contributed by atoms with E-state index in [2.05, 4.69) is 5.32 Å². The number of nitrogens with zero attached hydrogens (tertiary/aromatic N) is 3. The van der Waals surface area contributed by atoms with Gasteiger partial charge in [0.15, 0.2) is 0 Å². The van der Waals surface area contributed by atoms with E-state index in [0.29, 0.717) is 30.1 Å². The van der Waals surface area contributed by atoms with Crippen LogP contribution in [0.25, 0.3) is 0 Å². The summed E-state index contributed by atoms with van der Waals surface area (Å²) in [5.74, 6) is -0.0430. The van der Waals surface area contributed by atoms with Crippen LogP contribution < -0.4 is 10.1 Å². The Morgan fingerprint density at radius 2 is 1.94 bits per heavy atom. The Balaban J connectivity index is 2.45. The zero-order valence-corrected chi connectivity index (χ0v) is 20.2. The number of fused-ring (bicyclic) bond motifs is 1. The van der Waals surface area contributed by atoms with E-state index >= 15 is 0 Å². The molecule has 0 radical (unpaired) electrons. The third kappa shape index (κ3) is 6.67. The van der Waals surface area contributed by atoms with Crippen molar-refractivity contribution in [1.29, 1.82) is 0 Å². The lowest BCUT2D eigenvalue weighted by Crippen LogP contribution is -2.50. The number of ether oxygens (including phenoxy) is 2. The van der Waals surface area contributed by atoms with Gasteiger partial charge in [-0.1, -0.05) is 6.92 Å². The fourth-order valence-electron chi connectivity index (χ4n) is 3.76. The number of anilines is 1. The molecule has 1 aliphatic rings. The third-order valence-corrected chi connectivity index (χ3v) is 5.54. The second kappa shape index (κ2) is 11.3. The second-order valence-electron chi connectivity index (χ2n) is 8.77. The van der Waals surface area contributed by atoms with Crippen LogP contribution in [0.2, 0.25) is 0 Å². The van der Waals surface area contributed by atoms with Crippen LogP contribution in [0.5, 0.6) is 5.75 Å². The van der Waals surface area contributed by atoms with E-state index in [0.717, 1.165) is 0 Å². The van der Waals surface area contributed by atoms with Crippen molar-refractivity contribution < 1.29 is 23.9 Å². The quantitative estimate of drug-likeness (QED) is 0.751.